The fourth-order valence-electron chi connectivity index (χ4n) is 4.68. The number of carbonyl (C=O) groups excluding carboxylic acids is 4. The van der Waals surface area contributed by atoms with Crippen LogP contribution >= 0.6 is 0 Å². The predicted octanol–water partition coefficient (Wildman–Crippen LogP) is 4.08. The van der Waals surface area contributed by atoms with Crippen molar-refractivity contribution < 1.29 is 23.9 Å². The number of carbonyl (C=O) groups is 4. The molecule has 2 radical (unpaired) electrons. The van der Waals surface area contributed by atoms with Crippen LogP contribution in [0.3, 0.4) is 0 Å². The summed E-state index contributed by atoms with van der Waals surface area (Å²) in [5.74, 6) is -2.03. The van der Waals surface area contributed by atoms with Crippen LogP contribution in [0.15, 0.2) is 42.0 Å². The van der Waals surface area contributed by atoms with E-state index in [0.29, 0.717) is 5.57 Å². The quantitative estimate of drug-likeness (QED) is 0.260. The van der Waals surface area contributed by atoms with E-state index in [-0.39, 0.29) is 18.4 Å². The Kier molecular flexibility index (Phi) is 12.0. The minimum atomic E-state index is -0.993. The van der Waals surface area contributed by atoms with Crippen LogP contribution < -0.4 is 5.32 Å². The molecule has 1 N–H and O–H groups in total. The maximum Gasteiger partial charge on any atom is 0.333 e. The molecule has 0 aliphatic rings. The van der Waals surface area contributed by atoms with Crippen LogP contribution in [0.1, 0.15) is 67.9 Å². The standard InChI is InChI=1S/C30H46BN3O5/c1-12-39-27(37)20(4)18-22(19(2)3)33(10)26(36)23(29(5,6)7)32-25(35)24(34(11)28(31)38)30(8,9)21-16-14-13-15-17-21/h13-19,22-24H,12H2,1-11H3,(H,32,35)/b20-18+. The monoisotopic (exact) mass is 539 g/mol. The number of nitrogens with zero attached hydrogens (tertiary/aromatic N) is 2. The summed E-state index contributed by atoms with van der Waals surface area (Å²) < 4.78 is 5.11. The van der Waals surface area contributed by atoms with Gasteiger partial charge in [-0.15, -0.1) is 0 Å². The zero-order valence-electron chi connectivity index (χ0n) is 25.5. The summed E-state index contributed by atoms with van der Waals surface area (Å²) >= 11 is 0. The summed E-state index contributed by atoms with van der Waals surface area (Å²) in [6, 6.07) is 7.04. The lowest BCUT2D eigenvalue weighted by atomic mass is 9.75. The summed E-state index contributed by atoms with van der Waals surface area (Å²) in [7, 11) is 8.77. The fraction of sp³-hybridized carbons (Fsp3) is 0.600. The molecular formula is C30H46BN3O5. The Morgan fingerprint density at radius 2 is 1.54 bits per heavy atom. The van der Waals surface area contributed by atoms with Crippen molar-refractivity contribution in [3.05, 3.63) is 47.5 Å². The molecule has 0 aliphatic carbocycles. The van der Waals surface area contributed by atoms with Crippen molar-refractivity contribution in [3.8, 4) is 0 Å². The van der Waals surface area contributed by atoms with E-state index >= 15 is 0 Å². The summed E-state index contributed by atoms with van der Waals surface area (Å²) in [4.78, 5) is 55.2. The lowest BCUT2D eigenvalue weighted by Crippen LogP contribution is -2.62. The van der Waals surface area contributed by atoms with Gasteiger partial charge in [0.2, 0.25) is 19.7 Å². The molecule has 1 aromatic rings. The van der Waals surface area contributed by atoms with E-state index in [9.17, 15) is 19.2 Å². The van der Waals surface area contributed by atoms with Gasteiger partial charge in [-0.25, -0.2) is 4.79 Å². The van der Waals surface area contributed by atoms with Crippen molar-refractivity contribution >= 4 is 31.4 Å². The highest BCUT2D eigenvalue weighted by Crippen LogP contribution is 2.31. The number of likely N-dealkylation sites (N-methyl/N-ethyl adjacent to an activating group) is 2. The first-order chi connectivity index (χ1) is 17.9. The molecular weight excluding hydrogens is 493 g/mol. The number of ether oxygens (including phenoxy) is 1. The van der Waals surface area contributed by atoms with Crippen molar-refractivity contribution in [2.24, 2.45) is 11.3 Å². The summed E-state index contributed by atoms with van der Waals surface area (Å²) in [6.07, 6.45) is 1.73. The Morgan fingerprint density at radius 1 is 1.00 bits per heavy atom. The SMILES string of the molecule is [B]C(=O)N(C)C(C(=O)NC(C(=O)N(C)C(/C=C(\C)C(=O)OCC)C(C)C)C(C)(C)C)C(C)(C)c1ccccc1. The highest BCUT2D eigenvalue weighted by Gasteiger charge is 2.44. The van der Waals surface area contributed by atoms with Crippen molar-refractivity contribution in [1.82, 2.24) is 15.1 Å². The Balaban J connectivity index is 3.47. The minimum Gasteiger partial charge on any atom is -0.463 e. The second-order valence-corrected chi connectivity index (χ2v) is 12.0. The van der Waals surface area contributed by atoms with Gasteiger partial charge in [-0.1, -0.05) is 84.9 Å². The van der Waals surface area contributed by atoms with Gasteiger partial charge >= 0.3 is 5.97 Å². The van der Waals surface area contributed by atoms with Gasteiger partial charge in [0.15, 0.2) is 5.81 Å². The molecule has 0 saturated carbocycles. The molecule has 0 spiro atoms. The van der Waals surface area contributed by atoms with Crippen LogP contribution in [0.4, 0.5) is 4.79 Å². The second kappa shape index (κ2) is 13.8. The van der Waals surface area contributed by atoms with Gasteiger partial charge < -0.3 is 19.9 Å². The van der Waals surface area contributed by atoms with Gasteiger partial charge in [0.1, 0.15) is 12.1 Å². The van der Waals surface area contributed by atoms with Crippen LogP contribution in [-0.4, -0.2) is 80.1 Å². The first-order valence-electron chi connectivity index (χ1n) is 13.4. The molecule has 0 aliphatic heterocycles. The molecule has 3 amide bonds. The molecule has 3 atom stereocenters. The minimum absolute atomic E-state index is 0.0228. The first kappa shape index (κ1) is 33.9. The van der Waals surface area contributed by atoms with Crippen molar-refractivity contribution in [2.45, 2.75) is 85.9 Å². The lowest BCUT2D eigenvalue weighted by Gasteiger charge is -2.42. The smallest absolute Gasteiger partial charge is 0.333 e. The molecule has 8 nitrogen and oxygen atoms in total. The summed E-state index contributed by atoms with van der Waals surface area (Å²) in [5.41, 5.74) is -0.255. The third-order valence-corrected chi connectivity index (χ3v) is 7.08. The maximum atomic E-state index is 14.0. The average molecular weight is 540 g/mol. The zero-order chi connectivity index (χ0) is 30.3. The van der Waals surface area contributed by atoms with Crippen molar-refractivity contribution in [2.75, 3.05) is 20.7 Å². The van der Waals surface area contributed by atoms with Gasteiger partial charge in [-0.05, 0) is 30.7 Å². The molecule has 1 rings (SSSR count). The van der Waals surface area contributed by atoms with Crippen molar-refractivity contribution in [1.29, 1.82) is 0 Å². The van der Waals surface area contributed by atoms with E-state index in [2.05, 4.69) is 5.32 Å². The third kappa shape index (κ3) is 8.70. The summed E-state index contributed by atoms with van der Waals surface area (Å²) in [5, 5.41) is 2.95. The molecule has 0 heterocycles. The van der Waals surface area contributed by atoms with E-state index in [0.717, 1.165) is 5.56 Å². The number of esters is 1. The van der Waals surface area contributed by atoms with Crippen LogP contribution in [0.5, 0.6) is 0 Å². The Bertz CT molecular complexity index is 1050. The predicted molar refractivity (Wildman–Crippen MR) is 155 cm³/mol. The number of rotatable bonds is 11. The third-order valence-electron chi connectivity index (χ3n) is 7.08. The highest BCUT2D eigenvalue weighted by molar-refractivity contribution is 6.57. The molecule has 214 valence electrons. The van der Waals surface area contributed by atoms with Crippen LogP contribution in [0.2, 0.25) is 0 Å². The van der Waals surface area contributed by atoms with E-state index in [1.807, 2.05) is 78.8 Å². The molecule has 0 fully saturated rings. The fourth-order valence-corrected chi connectivity index (χ4v) is 4.68. The molecule has 39 heavy (non-hydrogen) atoms. The molecule has 9 heteroatoms. The maximum absolute atomic E-state index is 14.0. The Morgan fingerprint density at radius 3 is 1.97 bits per heavy atom. The van der Waals surface area contributed by atoms with E-state index in [1.54, 1.807) is 31.9 Å². The van der Waals surface area contributed by atoms with Gasteiger partial charge in [0.05, 0.1) is 12.6 Å². The largest absolute Gasteiger partial charge is 0.463 e. The van der Waals surface area contributed by atoms with Crippen LogP contribution in [0, 0.1) is 11.3 Å². The van der Waals surface area contributed by atoms with Crippen molar-refractivity contribution in [3.63, 3.8) is 0 Å². The van der Waals surface area contributed by atoms with Crippen LogP contribution in [-0.2, 0) is 24.5 Å². The van der Waals surface area contributed by atoms with Crippen LogP contribution in [0.25, 0.3) is 0 Å². The zero-order valence-corrected chi connectivity index (χ0v) is 25.5. The lowest BCUT2D eigenvalue weighted by molar-refractivity contribution is -0.141. The molecule has 1 aromatic carbocycles. The number of hydrogen-bond acceptors (Lipinski definition) is 5. The van der Waals surface area contributed by atoms with E-state index in [1.165, 1.54) is 11.9 Å². The van der Waals surface area contributed by atoms with Gasteiger partial charge in [-0.3, -0.25) is 14.4 Å². The Labute approximate surface area is 235 Å². The topological polar surface area (TPSA) is 96.0 Å². The van der Waals surface area contributed by atoms with Gasteiger partial charge in [-0.2, -0.15) is 0 Å². The van der Waals surface area contributed by atoms with Gasteiger partial charge in [0.25, 0.3) is 0 Å². The molecule has 0 saturated heterocycles. The van der Waals surface area contributed by atoms with E-state index in [4.69, 9.17) is 12.6 Å². The Hall–Kier alpha value is -3.10. The second-order valence-electron chi connectivity index (χ2n) is 12.0. The molecule has 0 bridgehead atoms. The molecule has 0 aromatic heterocycles. The molecule has 3 unspecified atom stereocenters. The average Bonchev–Trinajstić information content (AvgIpc) is 2.84. The number of hydrogen-bond donors (Lipinski definition) is 1. The number of amides is 3. The number of benzene rings is 1. The summed E-state index contributed by atoms with van der Waals surface area (Å²) in [6.45, 7) is 16.9. The number of nitrogens with one attached hydrogen (secondary N) is 1. The van der Waals surface area contributed by atoms with E-state index < -0.39 is 46.6 Å². The first-order valence-corrected chi connectivity index (χ1v) is 13.4. The highest BCUT2D eigenvalue weighted by atomic mass is 16.5. The normalized spacial score (nSPS) is 14.7. The van der Waals surface area contributed by atoms with Gasteiger partial charge in [0, 0.05) is 25.1 Å².